The minimum absolute atomic E-state index is 0.0345. The maximum absolute atomic E-state index is 13.7. The number of esters is 1. The van der Waals surface area contributed by atoms with Crippen LogP contribution >= 0.6 is 0 Å². The Balaban J connectivity index is 1.55. The summed E-state index contributed by atoms with van der Waals surface area (Å²) in [7, 11) is 2.91. The maximum Gasteiger partial charge on any atom is 0.349 e. The highest BCUT2D eigenvalue weighted by Gasteiger charge is 2.27. The summed E-state index contributed by atoms with van der Waals surface area (Å²) < 4.78 is 92.2. The zero-order valence-electron chi connectivity index (χ0n) is 19.0. The number of benzene rings is 3. The summed E-state index contributed by atoms with van der Waals surface area (Å²) in [5.74, 6) is -13.4. The SMILES string of the molecule is COc1ccc(-c2cc3ccc(OC(=O)COc4c(F)c(F)c(F)c(F)c4F)cc3oc2=O)c(OC)c1. The third-order valence-electron chi connectivity index (χ3n) is 5.14. The number of halogens is 5. The van der Waals surface area contributed by atoms with Crippen LogP contribution in [-0.4, -0.2) is 26.8 Å². The summed E-state index contributed by atoms with van der Waals surface area (Å²) in [6.07, 6.45) is 0. The van der Waals surface area contributed by atoms with Crippen molar-refractivity contribution in [3.63, 3.8) is 0 Å². The molecule has 12 heteroatoms. The van der Waals surface area contributed by atoms with Crippen molar-refractivity contribution in [2.75, 3.05) is 20.8 Å². The Labute approximate surface area is 204 Å². The van der Waals surface area contributed by atoms with Crippen molar-refractivity contribution in [2.45, 2.75) is 0 Å². The van der Waals surface area contributed by atoms with Gasteiger partial charge in [0, 0.05) is 23.1 Å². The van der Waals surface area contributed by atoms with Gasteiger partial charge < -0.3 is 23.4 Å². The fourth-order valence-corrected chi connectivity index (χ4v) is 3.37. The van der Waals surface area contributed by atoms with Gasteiger partial charge in [-0.3, -0.25) is 0 Å². The molecule has 0 unspecified atom stereocenters. The Hall–Kier alpha value is -4.61. The number of ether oxygens (including phenoxy) is 4. The second kappa shape index (κ2) is 10.2. The molecule has 0 atom stereocenters. The average molecular weight is 522 g/mol. The molecule has 0 aliphatic carbocycles. The van der Waals surface area contributed by atoms with E-state index in [1.165, 1.54) is 38.5 Å². The smallest absolute Gasteiger partial charge is 0.349 e. The van der Waals surface area contributed by atoms with Crippen molar-refractivity contribution in [1.82, 2.24) is 0 Å². The quantitative estimate of drug-likeness (QED) is 0.0829. The second-order valence-electron chi connectivity index (χ2n) is 7.38. The van der Waals surface area contributed by atoms with Crippen LogP contribution in [0.4, 0.5) is 22.0 Å². The molecule has 0 radical (unpaired) electrons. The van der Waals surface area contributed by atoms with E-state index in [1.54, 1.807) is 18.2 Å². The molecule has 7 nitrogen and oxygen atoms in total. The fraction of sp³-hybridized carbons (Fsp3) is 0.120. The number of hydrogen-bond acceptors (Lipinski definition) is 7. The highest BCUT2D eigenvalue weighted by Crippen LogP contribution is 2.33. The molecule has 0 spiro atoms. The Morgan fingerprint density at radius 3 is 2.08 bits per heavy atom. The number of methoxy groups -OCH3 is 2. The molecule has 0 fully saturated rings. The van der Waals surface area contributed by atoms with Gasteiger partial charge in [0.05, 0.1) is 19.8 Å². The first-order valence-electron chi connectivity index (χ1n) is 10.3. The first-order chi connectivity index (χ1) is 17.6. The first kappa shape index (κ1) is 25.5. The van der Waals surface area contributed by atoms with E-state index in [1.807, 2.05) is 0 Å². The lowest BCUT2D eigenvalue weighted by Crippen LogP contribution is -2.19. The van der Waals surface area contributed by atoms with Gasteiger partial charge in [-0.05, 0) is 30.3 Å². The molecule has 0 aliphatic heterocycles. The van der Waals surface area contributed by atoms with E-state index in [0.717, 1.165) is 0 Å². The molecule has 4 rings (SSSR count). The summed E-state index contributed by atoms with van der Waals surface area (Å²) in [6.45, 7) is -1.18. The minimum atomic E-state index is -2.36. The summed E-state index contributed by atoms with van der Waals surface area (Å²) >= 11 is 0. The van der Waals surface area contributed by atoms with E-state index in [2.05, 4.69) is 4.74 Å². The van der Waals surface area contributed by atoms with Crippen molar-refractivity contribution in [3.05, 3.63) is 82.0 Å². The first-order valence-corrected chi connectivity index (χ1v) is 10.3. The molecule has 37 heavy (non-hydrogen) atoms. The van der Waals surface area contributed by atoms with Gasteiger partial charge >= 0.3 is 11.6 Å². The predicted molar refractivity (Wildman–Crippen MR) is 118 cm³/mol. The van der Waals surface area contributed by atoms with E-state index in [0.29, 0.717) is 22.4 Å². The van der Waals surface area contributed by atoms with Gasteiger partial charge in [0.2, 0.25) is 29.1 Å². The van der Waals surface area contributed by atoms with Crippen LogP contribution in [0.5, 0.6) is 23.0 Å². The zero-order valence-corrected chi connectivity index (χ0v) is 19.0. The van der Waals surface area contributed by atoms with Crippen LogP contribution in [0.1, 0.15) is 0 Å². The van der Waals surface area contributed by atoms with E-state index in [-0.39, 0.29) is 16.9 Å². The molecule has 1 heterocycles. The van der Waals surface area contributed by atoms with Crippen LogP contribution in [0.15, 0.2) is 51.7 Å². The molecule has 0 saturated carbocycles. The van der Waals surface area contributed by atoms with Crippen LogP contribution in [0.25, 0.3) is 22.1 Å². The molecular formula is C25H15F5O7. The third-order valence-corrected chi connectivity index (χ3v) is 5.14. The van der Waals surface area contributed by atoms with Crippen molar-refractivity contribution < 1.29 is 50.1 Å². The van der Waals surface area contributed by atoms with E-state index in [4.69, 9.17) is 18.6 Å². The van der Waals surface area contributed by atoms with E-state index >= 15 is 0 Å². The lowest BCUT2D eigenvalue weighted by molar-refractivity contribution is -0.136. The molecule has 1 aromatic heterocycles. The Morgan fingerprint density at radius 1 is 0.784 bits per heavy atom. The fourth-order valence-electron chi connectivity index (χ4n) is 3.37. The van der Waals surface area contributed by atoms with Crippen molar-refractivity contribution >= 4 is 16.9 Å². The lowest BCUT2D eigenvalue weighted by Gasteiger charge is -2.11. The summed E-state index contributed by atoms with van der Waals surface area (Å²) in [6, 6.07) is 10.4. The molecule has 192 valence electrons. The summed E-state index contributed by atoms with van der Waals surface area (Å²) in [5, 5.41) is 0.449. The second-order valence-corrected chi connectivity index (χ2v) is 7.38. The molecule has 0 aliphatic rings. The van der Waals surface area contributed by atoms with Crippen LogP contribution in [0.3, 0.4) is 0 Å². The van der Waals surface area contributed by atoms with Crippen molar-refractivity contribution in [3.8, 4) is 34.1 Å². The Morgan fingerprint density at radius 2 is 1.43 bits per heavy atom. The molecule has 0 N–H and O–H groups in total. The summed E-state index contributed by atoms with van der Waals surface area (Å²) in [4.78, 5) is 24.7. The molecule has 0 saturated heterocycles. The van der Waals surface area contributed by atoms with E-state index in [9.17, 15) is 31.5 Å². The molecule has 0 bridgehead atoms. The van der Waals surface area contributed by atoms with Gasteiger partial charge in [0.25, 0.3) is 0 Å². The molecule has 4 aromatic rings. The van der Waals surface area contributed by atoms with Gasteiger partial charge in [-0.1, -0.05) is 0 Å². The standard InChI is InChI=1S/C25H15F5O7/c1-33-12-5-6-14(17(8-12)34-2)15-7-11-3-4-13(9-16(11)37-25(15)32)36-18(31)10-35-24-22(29)20(27)19(26)21(28)23(24)30/h3-9H,10H2,1-2H3. The zero-order chi connectivity index (χ0) is 26.9. The highest BCUT2D eigenvalue weighted by atomic mass is 19.2. The van der Waals surface area contributed by atoms with Crippen molar-refractivity contribution in [1.29, 1.82) is 0 Å². The number of carbonyl (C=O) groups excluding carboxylic acids is 1. The Kier molecular flexibility index (Phi) is 7.00. The average Bonchev–Trinajstić information content (AvgIpc) is 2.90. The number of rotatable bonds is 7. The Bertz CT molecular complexity index is 1550. The lowest BCUT2D eigenvalue weighted by atomic mass is 10.0. The van der Waals surface area contributed by atoms with Crippen LogP contribution < -0.4 is 24.6 Å². The maximum atomic E-state index is 13.7. The van der Waals surface area contributed by atoms with E-state index < -0.39 is 53.0 Å². The highest BCUT2D eigenvalue weighted by molar-refractivity contribution is 5.85. The van der Waals surface area contributed by atoms with Gasteiger partial charge in [-0.2, -0.15) is 8.78 Å². The molecule has 0 amide bonds. The summed E-state index contributed by atoms with van der Waals surface area (Å²) in [5.41, 5.74) is -0.0611. The number of fused-ring (bicyclic) bond motifs is 1. The minimum Gasteiger partial charge on any atom is -0.497 e. The van der Waals surface area contributed by atoms with Gasteiger partial charge in [0.1, 0.15) is 22.8 Å². The van der Waals surface area contributed by atoms with Gasteiger partial charge in [-0.15, -0.1) is 0 Å². The van der Waals surface area contributed by atoms with Crippen LogP contribution in [0, 0.1) is 29.1 Å². The van der Waals surface area contributed by atoms with Crippen molar-refractivity contribution in [2.24, 2.45) is 0 Å². The van der Waals surface area contributed by atoms with Gasteiger partial charge in [0.15, 0.2) is 12.4 Å². The third kappa shape index (κ3) is 4.90. The topological polar surface area (TPSA) is 84.2 Å². The van der Waals surface area contributed by atoms with Crippen LogP contribution in [-0.2, 0) is 4.79 Å². The number of carbonyl (C=O) groups is 1. The normalized spacial score (nSPS) is 10.9. The molecular weight excluding hydrogens is 507 g/mol. The predicted octanol–water partition coefficient (Wildman–Crippen LogP) is 5.16. The van der Waals surface area contributed by atoms with Crippen LogP contribution in [0.2, 0.25) is 0 Å². The molecule has 3 aromatic carbocycles. The van der Waals surface area contributed by atoms with Gasteiger partial charge in [-0.25, -0.2) is 22.8 Å². The largest absolute Gasteiger partial charge is 0.497 e. The monoisotopic (exact) mass is 522 g/mol. The number of hydrogen-bond donors (Lipinski definition) is 0.